The van der Waals surface area contributed by atoms with Crippen LogP contribution in [0.25, 0.3) is 0 Å². The maximum absolute atomic E-state index is 12.1. The number of amides is 1. The van der Waals surface area contributed by atoms with E-state index in [0.717, 1.165) is 0 Å². The van der Waals surface area contributed by atoms with Crippen LogP contribution < -0.4 is 10.1 Å². The highest BCUT2D eigenvalue weighted by Gasteiger charge is 2.19. The van der Waals surface area contributed by atoms with E-state index < -0.39 is 12.1 Å². The normalized spacial score (nSPS) is 11.4. The van der Waals surface area contributed by atoms with Crippen LogP contribution in [0.4, 0.5) is 0 Å². The van der Waals surface area contributed by atoms with Gasteiger partial charge in [-0.1, -0.05) is 0 Å². The average molecular weight is 293 g/mol. The zero-order valence-electron chi connectivity index (χ0n) is 12.3. The van der Waals surface area contributed by atoms with Crippen LogP contribution in [-0.2, 0) is 14.3 Å². The molecule has 114 valence electrons. The van der Waals surface area contributed by atoms with Gasteiger partial charge in [0.1, 0.15) is 5.75 Å². The zero-order chi connectivity index (χ0) is 15.8. The first-order valence-electron chi connectivity index (χ1n) is 6.56. The summed E-state index contributed by atoms with van der Waals surface area (Å²) in [7, 11) is 1.54. The molecule has 0 radical (unpaired) electrons. The van der Waals surface area contributed by atoms with E-state index in [2.05, 4.69) is 5.32 Å². The number of Topliss-reactive ketones (excluding diaryl/α,β-unsaturated/α-hetero) is 1. The number of benzene rings is 1. The van der Waals surface area contributed by atoms with Gasteiger partial charge in [0.15, 0.2) is 6.10 Å². The Hall–Kier alpha value is -2.37. The summed E-state index contributed by atoms with van der Waals surface area (Å²) < 4.78 is 10.0. The minimum absolute atomic E-state index is 0.0276. The maximum Gasteiger partial charge on any atom is 0.308 e. The van der Waals surface area contributed by atoms with Gasteiger partial charge in [0.25, 0.3) is 0 Å². The molecule has 0 spiro atoms. The molecule has 1 aromatic carbocycles. The van der Waals surface area contributed by atoms with Crippen molar-refractivity contribution in [1.82, 2.24) is 5.32 Å². The lowest BCUT2D eigenvalue weighted by atomic mass is 10.1. The van der Waals surface area contributed by atoms with E-state index in [0.29, 0.717) is 11.3 Å². The van der Waals surface area contributed by atoms with E-state index >= 15 is 0 Å². The largest absolute Gasteiger partial charge is 0.497 e. The number of methoxy groups -OCH3 is 1. The number of carbonyl (C=O) groups is 3. The Labute approximate surface area is 123 Å². The van der Waals surface area contributed by atoms with Gasteiger partial charge in [-0.05, 0) is 31.2 Å². The second-order valence-electron chi connectivity index (χ2n) is 4.46. The van der Waals surface area contributed by atoms with Crippen molar-refractivity contribution in [3.8, 4) is 5.75 Å². The fourth-order valence-electron chi connectivity index (χ4n) is 1.64. The van der Waals surface area contributed by atoms with Crippen LogP contribution >= 0.6 is 0 Å². The average Bonchev–Trinajstić information content (AvgIpc) is 2.46. The van der Waals surface area contributed by atoms with E-state index in [-0.39, 0.29) is 24.7 Å². The second kappa shape index (κ2) is 8.04. The highest BCUT2D eigenvalue weighted by Crippen LogP contribution is 2.13. The fourth-order valence-corrected chi connectivity index (χ4v) is 1.64. The fraction of sp³-hybridized carbons (Fsp3) is 0.400. The SMILES string of the molecule is COc1ccc(C(=O)[C@@H](C)OC(=O)CCNC(C)=O)cc1. The van der Waals surface area contributed by atoms with Crippen LogP contribution in [0.5, 0.6) is 5.75 Å². The molecule has 0 unspecified atom stereocenters. The lowest BCUT2D eigenvalue weighted by Gasteiger charge is -2.12. The Balaban J connectivity index is 2.49. The smallest absolute Gasteiger partial charge is 0.308 e. The van der Waals surface area contributed by atoms with Gasteiger partial charge in [-0.2, -0.15) is 0 Å². The van der Waals surface area contributed by atoms with E-state index in [1.54, 1.807) is 24.3 Å². The van der Waals surface area contributed by atoms with Crippen molar-refractivity contribution < 1.29 is 23.9 Å². The molecule has 0 aliphatic carbocycles. The second-order valence-corrected chi connectivity index (χ2v) is 4.46. The Bertz CT molecular complexity index is 509. The van der Waals surface area contributed by atoms with E-state index in [1.165, 1.54) is 21.0 Å². The number of nitrogens with one attached hydrogen (secondary N) is 1. The molecule has 1 aromatic rings. The first-order valence-corrected chi connectivity index (χ1v) is 6.56. The molecule has 0 heterocycles. The Kier molecular flexibility index (Phi) is 6.39. The van der Waals surface area contributed by atoms with Gasteiger partial charge in [0, 0.05) is 19.0 Å². The minimum atomic E-state index is -0.872. The van der Waals surface area contributed by atoms with Crippen LogP contribution in [0.1, 0.15) is 30.6 Å². The number of ether oxygens (including phenoxy) is 2. The lowest BCUT2D eigenvalue weighted by molar-refractivity contribution is -0.146. The third-order valence-corrected chi connectivity index (χ3v) is 2.76. The third-order valence-electron chi connectivity index (χ3n) is 2.76. The number of ketones is 1. The number of hydrogen-bond acceptors (Lipinski definition) is 5. The van der Waals surface area contributed by atoms with Crippen molar-refractivity contribution in [3.63, 3.8) is 0 Å². The molecule has 6 heteroatoms. The molecule has 1 N–H and O–H groups in total. The van der Waals surface area contributed by atoms with Crippen molar-refractivity contribution in [2.75, 3.05) is 13.7 Å². The molecule has 1 amide bonds. The predicted octanol–water partition coefficient (Wildman–Crippen LogP) is 1.34. The van der Waals surface area contributed by atoms with Crippen LogP contribution in [0.15, 0.2) is 24.3 Å². The van der Waals surface area contributed by atoms with Crippen LogP contribution in [-0.4, -0.2) is 37.4 Å². The summed E-state index contributed by atoms with van der Waals surface area (Å²) in [5, 5.41) is 2.48. The maximum atomic E-state index is 12.1. The number of rotatable bonds is 7. The van der Waals surface area contributed by atoms with Gasteiger partial charge in [-0.25, -0.2) is 0 Å². The van der Waals surface area contributed by atoms with Gasteiger partial charge >= 0.3 is 5.97 Å². The zero-order valence-corrected chi connectivity index (χ0v) is 12.3. The Morgan fingerprint density at radius 3 is 2.33 bits per heavy atom. The topological polar surface area (TPSA) is 81.7 Å². The van der Waals surface area contributed by atoms with Gasteiger partial charge in [-0.15, -0.1) is 0 Å². The molecule has 6 nitrogen and oxygen atoms in total. The molecule has 21 heavy (non-hydrogen) atoms. The first-order chi connectivity index (χ1) is 9.93. The van der Waals surface area contributed by atoms with Crippen LogP contribution in [0, 0.1) is 0 Å². The molecular formula is C15H19NO5. The molecule has 0 bridgehead atoms. The van der Waals surface area contributed by atoms with Gasteiger partial charge in [-0.3, -0.25) is 14.4 Å². The Morgan fingerprint density at radius 2 is 1.81 bits per heavy atom. The standard InChI is InChI=1S/C15H19NO5/c1-10(21-14(18)8-9-16-11(2)17)15(19)12-4-6-13(20-3)7-5-12/h4-7,10H,8-9H2,1-3H3,(H,16,17)/t10-/m1/s1. The Morgan fingerprint density at radius 1 is 1.19 bits per heavy atom. The molecule has 1 rings (SSSR count). The van der Waals surface area contributed by atoms with Gasteiger partial charge in [0.05, 0.1) is 13.5 Å². The van der Waals surface area contributed by atoms with Crippen molar-refractivity contribution in [2.24, 2.45) is 0 Å². The first kappa shape index (κ1) is 16.7. The lowest BCUT2D eigenvalue weighted by Crippen LogP contribution is -2.28. The van der Waals surface area contributed by atoms with Crippen molar-refractivity contribution in [2.45, 2.75) is 26.4 Å². The molecule has 0 aliphatic rings. The van der Waals surface area contributed by atoms with Gasteiger partial charge in [0.2, 0.25) is 11.7 Å². The van der Waals surface area contributed by atoms with E-state index in [9.17, 15) is 14.4 Å². The number of carbonyl (C=O) groups excluding carboxylic acids is 3. The minimum Gasteiger partial charge on any atom is -0.497 e. The molecule has 0 saturated heterocycles. The van der Waals surface area contributed by atoms with E-state index in [1.807, 2.05) is 0 Å². The highest BCUT2D eigenvalue weighted by atomic mass is 16.5. The summed E-state index contributed by atoms with van der Waals surface area (Å²) >= 11 is 0. The van der Waals surface area contributed by atoms with E-state index in [4.69, 9.17) is 9.47 Å². The molecule has 0 saturated carbocycles. The van der Waals surface area contributed by atoms with Crippen molar-refractivity contribution >= 4 is 17.7 Å². The van der Waals surface area contributed by atoms with Crippen molar-refractivity contribution in [3.05, 3.63) is 29.8 Å². The summed E-state index contributed by atoms with van der Waals surface area (Å²) in [5.74, 6) is -0.389. The van der Waals surface area contributed by atoms with Crippen LogP contribution in [0.3, 0.4) is 0 Å². The molecule has 1 atom stereocenters. The molecule has 0 aliphatic heterocycles. The number of esters is 1. The summed E-state index contributed by atoms with van der Waals surface area (Å²) in [6.07, 6.45) is -0.844. The van der Waals surface area contributed by atoms with Crippen molar-refractivity contribution in [1.29, 1.82) is 0 Å². The summed E-state index contributed by atoms with van der Waals surface area (Å²) in [5.41, 5.74) is 0.443. The highest BCUT2D eigenvalue weighted by molar-refractivity contribution is 6.00. The quantitative estimate of drug-likeness (QED) is 0.606. The monoisotopic (exact) mass is 293 g/mol. The summed E-state index contributed by atoms with van der Waals surface area (Å²) in [6.45, 7) is 3.07. The number of hydrogen-bond donors (Lipinski definition) is 1. The van der Waals surface area contributed by atoms with Gasteiger partial charge < -0.3 is 14.8 Å². The molecular weight excluding hydrogens is 274 g/mol. The summed E-state index contributed by atoms with van der Waals surface area (Å²) in [6, 6.07) is 6.56. The molecule has 0 aromatic heterocycles. The third kappa shape index (κ3) is 5.64. The molecule has 0 fully saturated rings. The van der Waals surface area contributed by atoms with Crippen LogP contribution in [0.2, 0.25) is 0 Å². The predicted molar refractivity (Wildman–Crippen MR) is 76.2 cm³/mol. The summed E-state index contributed by atoms with van der Waals surface area (Å²) in [4.78, 5) is 34.3.